The van der Waals surface area contributed by atoms with Crippen LogP contribution < -0.4 is 4.74 Å². The van der Waals surface area contributed by atoms with Crippen LogP contribution in [-0.2, 0) is 0 Å². The maximum absolute atomic E-state index is 6.20. The van der Waals surface area contributed by atoms with Crippen molar-refractivity contribution in [2.75, 3.05) is 0 Å². The highest BCUT2D eigenvalue weighted by Crippen LogP contribution is 2.34. The van der Waals surface area contributed by atoms with Crippen LogP contribution in [0, 0.1) is 6.92 Å². The predicted molar refractivity (Wildman–Crippen MR) is 85.7 cm³/mol. The molecule has 0 saturated carbocycles. The number of nitrogens with zero attached hydrogens (tertiary/aromatic N) is 1. The van der Waals surface area contributed by atoms with Gasteiger partial charge in [0.1, 0.15) is 5.75 Å². The summed E-state index contributed by atoms with van der Waals surface area (Å²) >= 11 is 9.63. The maximum atomic E-state index is 6.20. The molecule has 2 nitrogen and oxygen atoms in total. The molecule has 0 fully saturated rings. The van der Waals surface area contributed by atoms with E-state index in [0.717, 1.165) is 26.6 Å². The van der Waals surface area contributed by atoms with Gasteiger partial charge in [0.25, 0.3) is 0 Å². The summed E-state index contributed by atoms with van der Waals surface area (Å²) in [4.78, 5) is 4.26. The number of aromatic nitrogens is 1. The minimum atomic E-state index is 0.568. The number of fused-ring (bicyclic) bond motifs is 1. The molecule has 0 amide bonds. The van der Waals surface area contributed by atoms with Crippen LogP contribution in [0.3, 0.4) is 0 Å². The molecule has 0 atom stereocenters. The zero-order valence-electron chi connectivity index (χ0n) is 10.7. The molecular weight excluding hydrogens is 338 g/mol. The normalized spacial score (nSPS) is 10.8. The zero-order valence-corrected chi connectivity index (χ0v) is 13.1. The lowest BCUT2D eigenvalue weighted by molar-refractivity contribution is 0.467. The second-order valence-corrected chi connectivity index (χ2v) is 5.73. The quantitative estimate of drug-likeness (QED) is 0.588. The average molecular weight is 349 g/mol. The van der Waals surface area contributed by atoms with Crippen LogP contribution in [0.5, 0.6) is 11.6 Å². The topological polar surface area (TPSA) is 22.1 Å². The number of benzene rings is 2. The van der Waals surface area contributed by atoms with E-state index in [1.165, 1.54) is 0 Å². The smallest absolute Gasteiger partial charge is 0.219 e. The molecule has 0 aliphatic rings. The van der Waals surface area contributed by atoms with Crippen molar-refractivity contribution in [1.29, 1.82) is 0 Å². The Balaban J connectivity index is 2.06. The number of pyridine rings is 1. The van der Waals surface area contributed by atoms with E-state index in [-0.39, 0.29) is 0 Å². The molecule has 100 valence electrons. The minimum absolute atomic E-state index is 0.568. The summed E-state index contributed by atoms with van der Waals surface area (Å²) in [5.74, 6) is 1.32. The Labute approximate surface area is 130 Å². The number of hydrogen-bond donors (Lipinski definition) is 0. The molecule has 0 aliphatic heterocycles. The van der Waals surface area contributed by atoms with Crippen LogP contribution in [0.25, 0.3) is 10.8 Å². The number of rotatable bonds is 2. The van der Waals surface area contributed by atoms with Gasteiger partial charge in [-0.15, -0.1) is 0 Å². The number of ether oxygens (including phenoxy) is 1. The van der Waals surface area contributed by atoms with Crippen LogP contribution in [0.15, 0.2) is 53.1 Å². The first kappa shape index (κ1) is 13.4. The third-order valence-corrected chi connectivity index (χ3v) is 4.23. The SMILES string of the molecule is Cc1cc(Oc2ccc(Cl)c3ccccc23)ncc1Br. The zero-order chi connectivity index (χ0) is 14.1. The fourth-order valence-corrected chi connectivity index (χ4v) is 2.45. The van der Waals surface area contributed by atoms with Gasteiger partial charge in [0.15, 0.2) is 0 Å². The van der Waals surface area contributed by atoms with Crippen LogP contribution in [0.1, 0.15) is 5.56 Å². The highest BCUT2D eigenvalue weighted by molar-refractivity contribution is 9.10. The first-order chi connectivity index (χ1) is 9.65. The summed E-state index contributed by atoms with van der Waals surface area (Å²) in [6, 6.07) is 13.5. The fourth-order valence-electron chi connectivity index (χ4n) is 2.01. The molecule has 1 aromatic heterocycles. The highest BCUT2D eigenvalue weighted by Gasteiger charge is 2.07. The lowest BCUT2D eigenvalue weighted by atomic mass is 10.1. The number of halogens is 2. The maximum Gasteiger partial charge on any atom is 0.219 e. The van der Waals surface area contributed by atoms with Gasteiger partial charge in [-0.2, -0.15) is 0 Å². The Bertz CT molecular complexity index is 789. The Hall–Kier alpha value is -1.58. The molecule has 0 aliphatic carbocycles. The van der Waals surface area contributed by atoms with Crippen molar-refractivity contribution < 1.29 is 4.74 Å². The standard InChI is InChI=1S/C16H11BrClNO/c1-10-8-16(19-9-13(10)17)20-15-7-6-14(18)11-4-2-3-5-12(11)15/h2-9H,1H3. The lowest BCUT2D eigenvalue weighted by Crippen LogP contribution is -1.90. The van der Waals surface area contributed by atoms with E-state index in [2.05, 4.69) is 20.9 Å². The second-order valence-electron chi connectivity index (χ2n) is 4.46. The van der Waals surface area contributed by atoms with Gasteiger partial charge in [-0.05, 0) is 40.5 Å². The summed E-state index contributed by atoms with van der Waals surface area (Å²) in [5, 5.41) is 2.66. The summed E-state index contributed by atoms with van der Waals surface area (Å²) < 4.78 is 6.86. The molecule has 20 heavy (non-hydrogen) atoms. The Kier molecular flexibility index (Phi) is 3.64. The Morgan fingerprint density at radius 1 is 1.10 bits per heavy atom. The third kappa shape index (κ3) is 2.51. The molecule has 0 radical (unpaired) electrons. The van der Waals surface area contributed by atoms with Crippen molar-refractivity contribution >= 4 is 38.3 Å². The average Bonchev–Trinajstić information content (AvgIpc) is 2.46. The van der Waals surface area contributed by atoms with Crippen molar-refractivity contribution in [2.24, 2.45) is 0 Å². The van der Waals surface area contributed by atoms with Gasteiger partial charge in [-0.3, -0.25) is 0 Å². The second kappa shape index (κ2) is 5.43. The van der Waals surface area contributed by atoms with E-state index in [9.17, 15) is 0 Å². The first-order valence-corrected chi connectivity index (χ1v) is 7.29. The van der Waals surface area contributed by atoms with Crippen LogP contribution in [-0.4, -0.2) is 4.98 Å². The van der Waals surface area contributed by atoms with E-state index in [0.29, 0.717) is 10.9 Å². The van der Waals surface area contributed by atoms with Crippen molar-refractivity contribution in [3.8, 4) is 11.6 Å². The molecular formula is C16H11BrClNO. The van der Waals surface area contributed by atoms with Crippen molar-refractivity contribution in [1.82, 2.24) is 4.98 Å². The van der Waals surface area contributed by atoms with Gasteiger partial charge in [0.05, 0.1) is 0 Å². The van der Waals surface area contributed by atoms with Gasteiger partial charge >= 0.3 is 0 Å². The molecule has 0 spiro atoms. The van der Waals surface area contributed by atoms with E-state index in [1.54, 1.807) is 6.20 Å². The van der Waals surface area contributed by atoms with Crippen molar-refractivity contribution in [2.45, 2.75) is 6.92 Å². The molecule has 0 unspecified atom stereocenters. The van der Waals surface area contributed by atoms with Crippen LogP contribution in [0.2, 0.25) is 5.02 Å². The molecule has 2 aromatic carbocycles. The Morgan fingerprint density at radius 2 is 1.85 bits per heavy atom. The largest absolute Gasteiger partial charge is 0.438 e. The van der Waals surface area contributed by atoms with Crippen molar-refractivity contribution in [3.05, 3.63) is 63.7 Å². The summed E-state index contributed by atoms with van der Waals surface area (Å²) in [6.45, 7) is 2.00. The summed E-state index contributed by atoms with van der Waals surface area (Å²) in [7, 11) is 0. The molecule has 0 N–H and O–H groups in total. The Morgan fingerprint density at radius 3 is 2.60 bits per heavy atom. The van der Waals surface area contributed by atoms with Crippen LogP contribution in [0.4, 0.5) is 0 Å². The number of aryl methyl sites for hydroxylation is 1. The van der Waals surface area contributed by atoms with Gasteiger partial charge < -0.3 is 4.74 Å². The fraction of sp³-hybridized carbons (Fsp3) is 0.0625. The molecule has 0 saturated heterocycles. The molecule has 3 aromatic rings. The highest BCUT2D eigenvalue weighted by atomic mass is 79.9. The first-order valence-electron chi connectivity index (χ1n) is 6.12. The molecule has 0 bridgehead atoms. The minimum Gasteiger partial charge on any atom is -0.438 e. The number of hydrogen-bond acceptors (Lipinski definition) is 2. The van der Waals surface area contributed by atoms with Crippen molar-refractivity contribution in [3.63, 3.8) is 0 Å². The monoisotopic (exact) mass is 347 g/mol. The van der Waals surface area contributed by atoms with E-state index in [4.69, 9.17) is 16.3 Å². The summed E-state index contributed by atoms with van der Waals surface area (Å²) in [6.07, 6.45) is 1.74. The summed E-state index contributed by atoms with van der Waals surface area (Å²) in [5.41, 5.74) is 1.08. The van der Waals surface area contributed by atoms with Gasteiger partial charge in [0, 0.05) is 32.5 Å². The molecule has 4 heteroatoms. The van der Waals surface area contributed by atoms with E-state index >= 15 is 0 Å². The van der Waals surface area contributed by atoms with Gasteiger partial charge in [-0.1, -0.05) is 35.9 Å². The third-order valence-electron chi connectivity index (χ3n) is 3.07. The molecule has 1 heterocycles. The van der Waals surface area contributed by atoms with Gasteiger partial charge in [-0.25, -0.2) is 4.98 Å². The van der Waals surface area contributed by atoms with E-state index < -0.39 is 0 Å². The van der Waals surface area contributed by atoms with Crippen LogP contribution >= 0.6 is 27.5 Å². The van der Waals surface area contributed by atoms with E-state index in [1.807, 2.05) is 49.4 Å². The molecule has 3 rings (SSSR count). The predicted octanol–water partition coefficient (Wildman–Crippen LogP) is 5.75. The van der Waals surface area contributed by atoms with Gasteiger partial charge in [0.2, 0.25) is 5.88 Å². The lowest BCUT2D eigenvalue weighted by Gasteiger charge is -2.10.